The van der Waals surface area contributed by atoms with E-state index in [0.717, 1.165) is 10.9 Å². The second-order valence-electron chi connectivity index (χ2n) is 5.41. The number of rotatable bonds is 3. The molecule has 0 saturated heterocycles. The van der Waals surface area contributed by atoms with Gasteiger partial charge in [-0.05, 0) is 42.7 Å². The van der Waals surface area contributed by atoms with E-state index in [1.54, 1.807) is 19.1 Å². The SMILES string of the molecule is Cc1cccc(C(=O)N[C@@H]2C[C@H]2c2ccc(Br)cc2)c1F. The molecule has 0 heterocycles. The zero-order valence-electron chi connectivity index (χ0n) is 11.6. The number of carbonyl (C=O) groups excluding carboxylic acids is 1. The van der Waals surface area contributed by atoms with Crippen LogP contribution in [0.5, 0.6) is 0 Å². The van der Waals surface area contributed by atoms with Gasteiger partial charge in [-0.2, -0.15) is 0 Å². The molecule has 3 rings (SSSR count). The molecule has 2 aromatic carbocycles. The van der Waals surface area contributed by atoms with E-state index < -0.39 is 5.82 Å². The molecule has 21 heavy (non-hydrogen) atoms. The number of hydrogen-bond donors (Lipinski definition) is 1. The smallest absolute Gasteiger partial charge is 0.254 e. The van der Waals surface area contributed by atoms with E-state index in [1.807, 2.05) is 24.3 Å². The minimum atomic E-state index is -0.434. The third-order valence-electron chi connectivity index (χ3n) is 3.84. The molecule has 1 aliphatic carbocycles. The average Bonchev–Trinajstić information content (AvgIpc) is 3.21. The van der Waals surface area contributed by atoms with E-state index in [-0.39, 0.29) is 17.5 Å². The van der Waals surface area contributed by atoms with Gasteiger partial charge in [0.25, 0.3) is 5.91 Å². The Bertz CT molecular complexity index is 684. The van der Waals surface area contributed by atoms with Gasteiger partial charge in [0.05, 0.1) is 5.56 Å². The Morgan fingerprint density at radius 2 is 1.95 bits per heavy atom. The van der Waals surface area contributed by atoms with Crippen LogP contribution in [0.2, 0.25) is 0 Å². The normalized spacial score (nSPS) is 20.1. The Balaban J connectivity index is 1.67. The van der Waals surface area contributed by atoms with Gasteiger partial charge in [-0.3, -0.25) is 4.79 Å². The fraction of sp³-hybridized carbons (Fsp3) is 0.235. The summed E-state index contributed by atoms with van der Waals surface area (Å²) < 4.78 is 15.0. The first kappa shape index (κ1) is 14.3. The summed E-state index contributed by atoms with van der Waals surface area (Å²) in [7, 11) is 0. The van der Waals surface area contributed by atoms with Gasteiger partial charge >= 0.3 is 0 Å². The maximum absolute atomic E-state index is 13.9. The topological polar surface area (TPSA) is 29.1 Å². The Morgan fingerprint density at radius 3 is 2.67 bits per heavy atom. The molecular formula is C17H15BrFNO. The third-order valence-corrected chi connectivity index (χ3v) is 4.37. The van der Waals surface area contributed by atoms with Crippen LogP contribution in [0.3, 0.4) is 0 Å². The lowest BCUT2D eigenvalue weighted by Gasteiger charge is -2.07. The van der Waals surface area contributed by atoms with Crippen molar-refractivity contribution >= 4 is 21.8 Å². The third kappa shape index (κ3) is 3.00. The molecular weight excluding hydrogens is 333 g/mol. The first-order valence-electron chi connectivity index (χ1n) is 6.87. The van der Waals surface area contributed by atoms with E-state index in [2.05, 4.69) is 21.2 Å². The number of amides is 1. The van der Waals surface area contributed by atoms with Crippen LogP contribution in [0.15, 0.2) is 46.9 Å². The highest BCUT2D eigenvalue weighted by Gasteiger charge is 2.39. The van der Waals surface area contributed by atoms with E-state index in [9.17, 15) is 9.18 Å². The average molecular weight is 348 g/mol. The van der Waals surface area contributed by atoms with Crippen molar-refractivity contribution in [1.82, 2.24) is 5.32 Å². The number of benzene rings is 2. The lowest BCUT2D eigenvalue weighted by atomic mass is 10.1. The molecule has 1 amide bonds. The second kappa shape index (κ2) is 5.60. The quantitative estimate of drug-likeness (QED) is 0.886. The number of carbonyl (C=O) groups is 1. The zero-order chi connectivity index (χ0) is 15.0. The summed E-state index contributed by atoms with van der Waals surface area (Å²) in [5, 5.41) is 2.91. The molecule has 2 atom stereocenters. The summed E-state index contributed by atoms with van der Waals surface area (Å²) in [6, 6.07) is 13.1. The minimum absolute atomic E-state index is 0.0959. The lowest BCUT2D eigenvalue weighted by molar-refractivity contribution is 0.0946. The summed E-state index contributed by atoms with van der Waals surface area (Å²) in [6.45, 7) is 1.66. The van der Waals surface area contributed by atoms with Gasteiger partial charge < -0.3 is 5.32 Å². The molecule has 2 nitrogen and oxygen atoms in total. The summed E-state index contributed by atoms with van der Waals surface area (Å²) in [4.78, 5) is 12.1. The van der Waals surface area contributed by atoms with Crippen molar-refractivity contribution in [3.05, 3.63) is 69.4 Å². The van der Waals surface area contributed by atoms with Crippen LogP contribution in [0.1, 0.15) is 33.8 Å². The van der Waals surface area contributed by atoms with E-state index in [4.69, 9.17) is 0 Å². The molecule has 108 valence electrons. The Kier molecular flexibility index (Phi) is 3.81. The van der Waals surface area contributed by atoms with Crippen LogP contribution < -0.4 is 5.32 Å². The number of hydrogen-bond acceptors (Lipinski definition) is 1. The molecule has 1 saturated carbocycles. The van der Waals surface area contributed by atoms with Crippen LogP contribution >= 0.6 is 15.9 Å². The van der Waals surface area contributed by atoms with Gasteiger partial charge in [0.15, 0.2) is 0 Å². The zero-order valence-corrected chi connectivity index (χ0v) is 13.2. The Labute approximate surface area is 131 Å². The highest BCUT2D eigenvalue weighted by molar-refractivity contribution is 9.10. The molecule has 0 spiro atoms. The lowest BCUT2D eigenvalue weighted by Crippen LogP contribution is -2.27. The predicted octanol–water partition coefficient (Wildman–Crippen LogP) is 4.18. The van der Waals surface area contributed by atoms with Gasteiger partial charge in [0.2, 0.25) is 0 Å². The van der Waals surface area contributed by atoms with Gasteiger partial charge in [-0.15, -0.1) is 0 Å². The molecule has 0 radical (unpaired) electrons. The molecule has 1 N–H and O–H groups in total. The largest absolute Gasteiger partial charge is 0.349 e. The maximum atomic E-state index is 13.9. The molecule has 0 aliphatic heterocycles. The molecule has 4 heteroatoms. The van der Waals surface area contributed by atoms with Gasteiger partial charge in [-0.25, -0.2) is 4.39 Å². The van der Waals surface area contributed by atoms with Crippen molar-refractivity contribution in [3.63, 3.8) is 0 Å². The van der Waals surface area contributed by atoms with Crippen LogP contribution in [0.25, 0.3) is 0 Å². The first-order valence-corrected chi connectivity index (χ1v) is 7.67. The van der Waals surface area contributed by atoms with E-state index in [0.29, 0.717) is 11.5 Å². The Morgan fingerprint density at radius 1 is 1.24 bits per heavy atom. The van der Waals surface area contributed by atoms with E-state index in [1.165, 1.54) is 11.6 Å². The fourth-order valence-electron chi connectivity index (χ4n) is 2.50. The molecule has 0 unspecified atom stereocenters. The van der Waals surface area contributed by atoms with Crippen molar-refractivity contribution < 1.29 is 9.18 Å². The summed E-state index contributed by atoms with van der Waals surface area (Å²) in [6.07, 6.45) is 0.904. The Hall–Kier alpha value is -1.68. The standard InChI is InChI=1S/C17H15BrFNO/c1-10-3-2-4-13(16(10)19)17(21)20-15-9-14(15)11-5-7-12(18)8-6-11/h2-8,14-15H,9H2,1H3,(H,20,21)/t14-,15+/m0/s1. The van der Waals surface area contributed by atoms with Crippen molar-refractivity contribution in [2.24, 2.45) is 0 Å². The number of nitrogens with one attached hydrogen (secondary N) is 1. The van der Waals surface area contributed by atoms with Crippen molar-refractivity contribution in [2.45, 2.75) is 25.3 Å². The molecule has 1 aliphatic rings. The van der Waals surface area contributed by atoms with Crippen molar-refractivity contribution in [2.75, 3.05) is 0 Å². The van der Waals surface area contributed by atoms with Crippen LogP contribution in [0, 0.1) is 12.7 Å². The summed E-state index contributed by atoms with van der Waals surface area (Å²) in [5.41, 5.74) is 1.81. The van der Waals surface area contributed by atoms with Gasteiger partial charge in [-0.1, -0.05) is 40.2 Å². The van der Waals surface area contributed by atoms with Crippen LogP contribution in [-0.2, 0) is 0 Å². The molecule has 0 aromatic heterocycles. The fourth-order valence-corrected chi connectivity index (χ4v) is 2.77. The van der Waals surface area contributed by atoms with Crippen molar-refractivity contribution in [1.29, 1.82) is 0 Å². The van der Waals surface area contributed by atoms with Gasteiger partial charge in [0, 0.05) is 16.4 Å². The highest BCUT2D eigenvalue weighted by atomic mass is 79.9. The maximum Gasteiger partial charge on any atom is 0.254 e. The van der Waals surface area contributed by atoms with Crippen LogP contribution in [0.4, 0.5) is 4.39 Å². The summed E-state index contributed by atoms with van der Waals surface area (Å²) >= 11 is 3.40. The minimum Gasteiger partial charge on any atom is -0.349 e. The molecule has 0 bridgehead atoms. The highest BCUT2D eigenvalue weighted by Crippen LogP contribution is 2.41. The molecule has 2 aromatic rings. The van der Waals surface area contributed by atoms with Gasteiger partial charge in [0.1, 0.15) is 5.82 Å². The predicted molar refractivity (Wildman–Crippen MR) is 83.9 cm³/mol. The van der Waals surface area contributed by atoms with Crippen LogP contribution in [-0.4, -0.2) is 11.9 Å². The monoisotopic (exact) mass is 347 g/mol. The number of halogens is 2. The molecule has 1 fully saturated rings. The second-order valence-corrected chi connectivity index (χ2v) is 6.33. The summed E-state index contributed by atoms with van der Waals surface area (Å²) in [5.74, 6) is -0.438. The van der Waals surface area contributed by atoms with Crippen molar-refractivity contribution in [3.8, 4) is 0 Å². The first-order chi connectivity index (χ1) is 10.1. The number of aryl methyl sites for hydroxylation is 1. The van der Waals surface area contributed by atoms with E-state index >= 15 is 0 Å².